The molecule has 0 aromatic heterocycles. The van der Waals surface area contributed by atoms with Crippen LogP contribution >= 0.6 is 0 Å². The summed E-state index contributed by atoms with van der Waals surface area (Å²) in [7, 11) is 0. The van der Waals surface area contributed by atoms with Crippen LogP contribution in [0.3, 0.4) is 0 Å². The molecule has 2 N–H and O–H groups in total. The zero-order valence-electron chi connectivity index (χ0n) is 11.4. The SMILES string of the molecule is C=CC(CN)Oc1cccc(OCC2CCCC2)c1. The molecule has 0 aliphatic heterocycles. The van der Waals surface area contributed by atoms with Crippen LogP contribution in [0.5, 0.6) is 11.5 Å². The van der Waals surface area contributed by atoms with Crippen molar-refractivity contribution in [3.63, 3.8) is 0 Å². The summed E-state index contributed by atoms with van der Waals surface area (Å²) in [6, 6.07) is 7.73. The lowest BCUT2D eigenvalue weighted by molar-refractivity contribution is 0.242. The van der Waals surface area contributed by atoms with E-state index in [-0.39, 0.29) is 6.10 Å². The Balaban J connectivity index is 1.88. The van der Waals surface area contributed by atoms with Gasteiger partial charge in [0.05, 0.1) is 6.61 Å². The van der Waals surface area contributed by atoms with E-state index in [0.29, 0.717) is 6.54 Å². The average Bonchev–Trinajstić information content (AvgIpc) is 2.96. The van der Waals surface area contributed by atoms with Crippen molar-refractivity contribution in [3.05, 3.63) is 36.9 Å². The Morgan fingerprint density at radius 1 is 1.32 bits per heavy atom. The second-order valence-electron chi connectivity index (χ2n) is 5.06. The molecule has 3 heteroatoms. The Hall–Kier alpha value is -1.48. The minimum Gasteiger partial charge on any atom is -0.493 e. The maximum atomic E-state index is 5.84. The van der Waals surface area contributed by atoms with Gasteiger partial charge in [0.2, 0.25) is 0 Å². The van der Waals surface area contributed by atoms with Crippen LogP contribution in [0.1, 0.15) is 25.7 Å². The van der Waals surface area contributed by atoms with Gasteiger partial charge in [0.1, 0.15) is 17.6 Å². The topological polar surface area (TPSA) is 44.5 Å². The zero-order valence-corrected chi connectivity index (χ0v) is 11.4. The summed E-state index contributed by atoms with van der Waals surface area (Å²) in [5, 5.41) is 0. The molecule has 1 aromatic rings. The van der Waals surface area contributed by atoms with Gasteiger partial charge in [-0.25, -0.2) is 0 Å². The Kier molecular flexibility index (Phi) is 5.28. The number of benzene rings is 1. The summed E-state index contributed by atoms with van der Waals surface area (Å²) in [5.41, 5.74) is 5.58. The molecule has 104 valence electrons. The van der Waals surface area contributed by atoms with Gasteiger partial charge in [0.15, 0.2) is 0 Å². The number of rotatable bonds is 7. The first kappa shape index (κ1) is 13.9. The molecule has 2 rings (SSSR count). The molecule has 1 aromatic carbocycles. The van der Waals surface area contributed by atoms with E-state index < -0.39 is 0 Å². The van der Waals surface area contributed by atoms with Crippen molar-refractivity contribution in [1.29, 1.82) is 0 Å². The van der Waals surface area contributed by atoms with Crippen LogP contribution in [0, 0.1) is 5.92 Å². The molecule has 0 saturated heterocycles. The third-order valence-corrected chi connectivity index (χ3v) is 3.55. The smallest absolute Gasteiger partial charge is 0.129 e. The van der Waals surface area contributed by atoms with E-state index in [1.165, 1.54) is 25.7 Å². The van der Waals surface area contributed by atoms with Gasteiger partial charge < -0.3 is 15.2 Å². The van der Waals surface area contributed by atoms with Gasteiger partial charge in [-0.15, -0.1) is 0 Å². The molecule has 1 unspecified atom stereocenters. The predicted molar refractivity (Wildman–Crippen MR) is 77.6 cm³/mol. The van der Waals surface area contributed by atoms with E-state index in [0.717, 1.165) is 24.0 Å². The van der Waals surface area contributed by atoms with Crippen LogP contribution in [0.25, 0.3) is 0 Å². The molecule has 1 aliphatic carbocycles. The van der Waals surface area contributed by atoms with Gasteiger partial charge in [-0.1, -0.05) is 31.6 Å². The standard InChI is InChI=1S/C16H23NO2/c1-2-14(11-17)19-16-9-5-8-15(10-16)18-12-13-6-3-4-7-13/h2,5,8-10,13-14H,1,3-4,6-7,11-12,17H2. The third-order valence-electron chi connectivity index (χ3n) is 3.55. The van der Waals surface area contributed by atoms with Crippen LogP contribution in [0.2, 0.25) is 0 Å². The van der Waals surface area contributed by atoms with Crippen molar-refractivity contribution >= 4 is 0 Å². The third kappa shape index (κ3) is 4.28. The summed E-state index contributed by atoms with van der Waals surface area (Å²) >= 11 is 0. The monoisotopic (exact) mass is 261 g/mol. The number of ether oxygens (including phenoxy) is 2. The van der Waals surface area contributed by atoms with E-state index in [4.69, 9.17) is 15.2 Å². The number of hydrogen-bond donors (Lipinski definition) is 1. The molecule has 0 spiro atoms. The van der Waals surface area contributed by atoms with Crippen LogP contribution in [0.4, 0.5) is 0 Å². The summed E-state index contributed by atoms with van der Waals surface area (Å²) < 4.78 is 11.5. The van der Waals surface area contributed by atoms with E-state index in [9.17, 15) is 0 Å². The lowest BCUT2D eigenvalue weighted by Crippen LogP contribution is -2.24. The second-order valence-corrected chi connectivity index (χ2v) is 5.06. The van der Waals surface area contributed by atoms with Gasteiger partial charge in [-0.3, -0.25) is 0 Å². The largest absolute Gasteiger partial charge is 0.493 e. The van der Waals surface area contributed by atoms with Crippen LogP contribution in [-0.2, 0) is 0 Å². The van der Waals surface area contributed by atoms with Gasteiger partial charge in [-0.2, -0.15) is 0 Å². The zero-order chi connectivity index (χ0) is 13.5. The van der Waals surface area contributed by atoms with Crippen LogP contribution in [-0.4, -0.2) is 19.3 Å². The minimum atomic E-state index is -0.148. The molecular weight excluding hydrogens is 238 g/mol. The van der Waals surface area contributed by atoms with Crippen molar-refractivity contribution in [2.24, 2.45) is 11.7 Å². The van der Waals surface area contributed by atoms with Gasteiger partial charge in [-0.05, 0) is 30.9 Å². The first-order chi connectivity index (χ1) is 9.31. The lowest BCUT2D eigenvalue weighted by atomic mass is 10.1. The first-order valence-electron chi connectivity index (χ1n) is 7.04. The van der Waals surface area contributed by atoms with Crippen molar-refractivity contribution in [1.82, 2.24) is 0 Å². The highest BCUT2D eigenvalue weighted by molar-refractivity contribution is 5.33. The maximum Gasteiger partial charge on any atom is 0.129 e. The summed E-state index contributed by atoms with van der Waals surface area (Å²) in [5.74, 6) is 2.36. The Labute approximate surface area is 115 Å². The molecule has 19 heavy (non-hydrogen) atoms. The molecule has 0 heterocycles. The lowest BCUT2D eigenvalue weighted by Gasteiger charge is -2.15. The second kappa shape index (κ2) is 7.19. The maximum absolute atomic E-state index is 5.84. The van der Waals surface area contributed by atoms with E-state index >= 15 is 0 Å². The molecule has 1 fully saturated rings. The molecule has 0 amide bonds. The van der Waals surface area contributed by atoms with Crippen LogP contribution < -0.4 is 15.2 Å². The van der Waals surface area contributed by atoms with Gasteiger partial charge in [0.25, 0.3) is 0 Å². The van der Waals surface area contributed by atoms with Gasteiger partial charge >= 0.3 is 0 Å². The van der Waals surface area contributed by atoms with E-state index in [1.807, 2.05) is 24.3 Å². The predicted octanol–water partition coefficient (Wildman–Crippen LogP) is 3.15. The first-order valence-corrected chi connectivity index (χ1v) is 7.04. The fraction of sp³-hybridized carbons (Fsp3) is 0.500. The summed E-state index contributed by atoms with van der Waals surface area (Å²) in [6.07, 6.45) is 6.84. The number of hydrogen-bond acceptors (Lipinski definition) is 3. The van der Waals surface area contributed by atoms with Crippen molar-refractivity contribution in [3.8, 4) is 11.5 Å². The highest BCUT2D eigenvalue weighted by Gasteiger charge is 2.15. The molecule has 0 bridgehead atoms. The Bertz CT molecular complexity index is 399. The Morgan fingerprint density at radius 2 is 2.05 bits per heavy atom. The minimum absolute atomic E-state index is 0.148. The fourth-order valence-corrected chi connectivity index (χ4v) is 2.40. The number of nitrogens with two attached hydrogens (primary N) is 1. The van der Waals surface area contributed by atoms with Gasteiger partial charge in [0, 0.05) is 12.6 Å². The molecular formula is C16H23NO2. The van der Waals surface area contributed by atoms with Crippen molar-refractivity contribution < 1.29 is 9.47 Å². The molecule has 1 atom stereocenters. The average molecular weight is 261 g/mol. The Morgan fingerprint density at radius 3 is 2.74 bits per heavy atom. The fourth-order valence-electron chi connectivity index (χ4n) is 2.40. The normalized spacial score (nSPS) is 17.1. The van der Waals surface area contributed by atoms with Crippen molar-refractivity contribution in [2.45, 2.75) is 31.8 Å². The van der Waals surface area contributed by atoms with E-state index in [1.54, 1.807) is 6.08 Å². The quantitative estimate of drug-likeness (QED) is 0.767. The molecule has 1 aliphatic rings. The van der Waals surface area contributed by atoms with E-state index in [2.05, 4.69) is 6.58 Å². The molecule has 0 radical (unpaired) electrons. The highest BCUT2D eigenvalue weighted by Crippen LogP contribution is 2.26. The molecule has 1 saturated carbocycles. The van der Waals surface area contributed by atoms with Crippen molar-refractivity contribution in [2.75, 3.05) is 13.2 Å². The summed E-state index contributed by atoms with van der Waals surface area (Å²) in [6.45, 7) is 4.94. The molecule has 3 nitrogen and oxygen atoms in total. The van der Waals surface area contributed by atoms with Crippen LogP contribution in [0.15, 0.2) is 36.9 Å². The summed E-state index contributed by atoms with van der Waals surface area (Å²) in [4.78, 5) is 0. The highest BCUT2D eigenvalue weighted by atomic mass is 16.5.